The summed E-state index contributed by atoms with van der Waals surface area (Å²) in [6.45, 7) is 0. The molecule has 3 fully saturated rings. The Morgan fingerprint density at radius 3 is 2.38 bits per heavy atom. The smallest absolute Gasteiger partial charge is 0.270 e. The molecule has 2 aliphatic heterocycles. The highest BCUT2D eigenvalue weighted by Crippen LogP contribution is 2.37. The fourth-order valence-corrected chi connectivity index (χ4v) is 6.33. The van der Waals surface area contributed by atoms with Gasteiger partial charge in [-0.05, 0) is 56.7 Å². The molecule has 10 heteroatoms. The van der Waals surface area contributed by atoms with Crippen LogP contribution in [0.3, 0.4) is 0 Å². The van der Waals surface area contributed by atoms with Crippen LogP contribution in [0.15, 0.2) is 30.6 Å². The number of hydrogen-bond acceptors (Lipinski definition) is 7. The Morgan fingerprint density at radius 2 is 1.73 bits per heavy atom. The number of piperidine rings is 1. The number of carbonyl (C=O) groups is 2. The number of rotatable bonds is 5. The summed E-state index contributed by atoms with van der Waals surface area (Å²) in [4.78, 5) is 43.3. The van der Waals surface area contributed by atoms with Gasteiger partial charge in [0.15, 0.2) is 0 Å². The van der Waals surface area contributed by atoms with Crippen molar-refractivity contribution in [1.29, 1.82) is 0 Å². The second-order valence-corrected chi connectivity index (χ2v) is 10.8. The van der Waals surface area contributed by atoms with Gasteiger partial charge in [0, 0.05) is 50.0 Å². The topological polar surface area (TPSA) is 116 Å². The number of nitrogens with zero attached hydrogens (tertiary/aromatic N) is 6. The molecule has 10 nitrogen and oxygen atoms in total. The maximum absolute atomic E-state index is 13.2. The summed E-state index contributed by atoms with van der Waals surface area (Å²) in [5.41, 5.74) is 1.92. The van der Waals surface area contributed by atoms with Crippen molar-refractivity contribution in [3.05, 3.63) is 41.9 Å². The summed E-state index contributed by atoms with van der Waals surface area (Å²) in [5, 5.41) is 14.0. The minimum atomic E-state index is -0.310. The van der Waals surface area contributed by atoms with E-state index in [1.54, 1.807) is 43.5 Å². The number of aliphatic hydroxyl groups is 1. The first kappa shape index (κ1) is 23.8. The first-order valence-corrected chi connectivity index (χ1v) is 13.2. The number of aliphatic hydroxyl groups excluding tert-OH is 1. The van der Waals surface area contributed by atoms with E-state index in [1.807, 2.05) is 11.0 Å². The highest BCUT2D eigenvalue weighted by atomic mass is 16.3. The van der Waals surface area contributed by atoms with Crippen LogP contribution in [0.5, 0.6) is 0 Å². The van der Waals surface area contributed by atoms with Crippen molar-refractivity contribution < 1.29 is 14.7 Å². The molecule has 2 N–H and O–H groups in total. The highest BCUT2D eigenvalue weighted by Gasteiger charge is 2.43. The quantitative estimate of drug-likeness (QED) is 0.547. The standard InChI is InChI=1S/C27H33N7O3/c1-32(2)26(37)22-11-17-15-29-27(31-24(17)34(22)18-5-3-4-6-18)30-23-10-7-16(14-28-23)25(36)33-19-8-9-20(33)13-21(35)12-19/h7,10-11,14-15,18-21,35H,3-6,8-9,12-13H2,1-2H3,(H,28,29,30,31)/t19-,20+,21?. The lowest BCUT2D eigenvalue weighted by Gasteiger charge is -2.37. The van der Waals surface area contributed by atoms with E-state index >= 15 is 0 Å². The van der Waals surface area contributed by atoms with E-state index in [0.717, 1.165) is 49.6 Å². The van der Waals surface area contributed by atoms with Gasteiger partial charge in [-0.25, -0.2) is 9.97 Å². The van der Waals surface area contributed by atoms with Crippen LogP contribution in [0, 0.1) is 0 Å². The van der Waals surface area contributed by atoms with Crippen LogP contribution in [0.2, 0.25) is 0 Å². The van der Waals surface area contributed by atoms with Gasteiger partial charge in [-0.2, -0.15) is 4.98 Å². The van der Waals surface area contributed by atoms with E-state index < -0.39 is 0 Å². The lowest BCUT2D eigenvalue weighted by Crippen LogP contribution is -2.48. The molecule has 1 unspecified atom stereocenters. The predicted molar refractivity (Wildman–Crippen MR) is 139 cm³/mol. The molecule has 2 amide bonds. The molecule has 3 aromatic heterocycles. The average molecular weight is 504 g/mol. The summed E-state index contributed by atoms with van der Waals surface area (Å²) >= 11 is 0. The van der Waals surface area contributed by atoms with Crippen molar-refractivity contribution in [2.24, 2.45) is 0 Å². The van der Waals surface area contributed by atoms with Gasteiger partial charge in [0.25, 0.3) is 11.8 Å². The summed E-state index contributed by atoms with van der Waals surface area (Å²) in [7, 11) is 3.52. The number of pyridine rings is 1. The minimum absolute atomic E-state index is 0.0244. The summed E-state index contributed by atoms with van der Waals surface area (Å²) in [6, 6.07) is 5.88. The molecule has 5 heterocycles. The van der Waals surface area contributed by atoms with Crippen LogP contribution in [-0.4, -0.2) is 78.5 Å². The molecule has 0 radical (unpaired) electrons. The Morgan fingerprint density at radius 1 is 1.00 bits per heavy atom. The average Bonchev–Trinajstić information content (AvgIpc) is 3.60. The SMILES string of the molecule is CN(C)C(=O)c1cc2cnc(Nc3ccc(C(=O)N4[C@@H]5CC[C@H]4CC(O)C5)cn3)nc2n1C1CCCC1. The molecule has 2 bridgehead atoms. The third-order valence-electron chi connectivity index (χ3n) is 8.08. The Bertz CT molecular complexity index is 1320. The summed E-state index contributed by atoms with van der Waals surface area (Å²) in [5.74, 6) is 0.862. The second-order valence-electron chi connectivity index (χ2n) is 10.8. The van der Waals surface area contributed by atoms with Crippen LogP contribution in [0.25, 0.3) is 11.0 Å². The summed E-state index contributed by atoms with van der Waals surface area (Å²) in [6.07, 6.45) is 10.6. The minimum Gasteiger partial charge on any atom is -0.393 e. The maximum atomic E-state index is 13.2. The lowest BCUT2D eigenvalue weighted by atomic mass is 9.99. The van der Waals surface area contributed by atoms with E-state index in [9.17, 15) is 14.7 Å². The molecule has 3 aromatic rings. The second kappa shape index (κ2) is 9.41. The fourth-order valence-electron chi connectivity index (χ4n) is 6.33. The normalized spacial score (nSPS) is 23.5. The third-order valence-corrected chi connectivity index (χ3v) is 8.08. The molecule has 0 spiro atoms. The van der Waals surface area contributed by atoms with Crippen molar-refractivity contribution in [1.82, 2.24) is 29.3 Å². The van der Waals surface area contributed by atoms with E-state index in [0.29, 0.717) is 35.9 Å². The Hall–Kier alpha value is -3.53. The zero-order valence-corrected chi connectivity index (χ0v) is 21.3. The Labute approximate surface area is 215 Å². The van der Waals surface area contributed by atoms with Crippen molar-refractivity contribution >= 4 is 34.6 Å². The molecule has 3 atom stereocenters. The largest absolute Gasteiger partial charge is 0.393 e. The Balaban J connectivity index is 1.24. The molecular weight excluding hydrogens is 470 g/mol. The third kappa shape index (κ3) is 4.33. The predicted octanol–water partition coefficient (Wildman–Crippen LogP) is 3.51. The van der Waals surface area contributed by atoms with Crippen LogP contribution in [-0.2, 0) is 0 Å². The number of fused-ring (bicyclic) bond motifs is 3. The highest BCUT2D eigenvalue weighted by molar-refractivity contribution is 5.98. The molecule has 37 heavy (non-hydrogen) atoms. The van der Waals surface area contributed by atoms with Gasteiger partial charge in [0.05, 0.1) is 11.7 Å². The molecule has 6 rings (SSSR count). The molecule has 194 valence electrons. The zero-order chi connectivity index (χ0) is 25.7. The van der Waals surface area contributed by atoms with Gasteiger partial charge < -0.3 is 24.8 Å². The molecule has 3 aliphatic rings. The van der Waals surface area contributed by atoms with Crippen LogP contribution < -0.4 is 5.32 Å². The Kier molecular flexibility index (Phi) is 6.06. The molecular formula is C27H33N7O3. The number of nitrogens with one attached hydrogen (secondary N) is 1. The first-order chi connectivity index (χ1) is 17.9. The van der Waals surface area contributed by atoms with E-state index in [2.05, 4.69) is 19.9 Å². The van der Waals surface area contributed by atoms with Crippen molar-refractivity contribution in [3.8, 4) is 0 Å². The lowest BCUT2D eigenvalue weighted by molar-refractivity contribution is 0.0286. The number of anilines is 2. The fraction of sp³-hybridized carbons (Fsp3) is 0.519. The van der Waals surface area contributed by atoms with Crippen LogP contribution in [0.1, 0.15) is 78.3 Å². The van der Waals surface area contributed by atoms with E-state index in [4.69, 9.17) is 4.98 Å². The van der Waals surface area contributed by atoms with Gasteiger partial charge in [-0.15, -0.1) is 0 Å². The maximum Gasteiger partial charge on any atom is 0.270 e. The number of carbonyl (C=O) groups excluding carboxylic acids is 2. The van der Waals surface area contributed by atoms with Gasteiger partial charge >= 0.3 is 0 Å². The number of hydrogen-bond donors (Lipinski definition) is 2. The molecule has 0 aromatic carbocycles. The zero-order valence-electron chi connectivity index (χ0n) is 21.3. The van der Waals surface area contributed by atoms with Gasteiger partial charge in [0.2, 0.25) is 5.95 Å². The van der Waals surface area contributed by atoms with E-state index in [-0.39, 0.29) is 36.0 Å². The van der Waals surface area contributed by atoms with Crippen LogP contribution in [0.4, 0.5) is 11.8 Å². The van der Waals surface area contributed by atoms with Gasteiger partial charge in [-0.1, -0.05) is 12.8 Å². The van der Waals surface area contributed by atoms with Gasteiger partial charge in [-0.3, -0.25) is 9.59 Å². The van der Waals surface area contributed by atoms with Crippen LogP contribution >= 0.6 is 0 Å². The molecule has 1 saturated carbocycles. The first-order valence-electron chi connectivity index (χ1n) is 13.2. The van der Waals surface area contributed by atoms with E-state index in [1.165, 1.54) is 0 Å². The van der Waals surface area contributed by atoms with Gasteiger partial charge in [0.1, 0.15) is 17.2 Å². The monoisotopic (exact) mass is 503 g/mol. The number of aromatic nitrogens is 4. The summed E-state index contributed by atoms with van der Waals surface area (Å²) < 4.78 is 2.08. The molecule has 1 aliphatic carbocycles. The van der Waals surface area contributed by atoms with Crippen molar-refractivity contribution in [2.75, 3.05) is 19.4 Å². The molecule has 2 saturated heterocycles. The number of amides is 2. The van der Waals surface area contributed by atoms with Crippen molar-refractivity contribution in [3.63, 3.8) is 0 Å². The van der Waals surface area contributed by atoms with Crippen molar-refractivity contribution in [2.45, 2.75) is 75.6 Å².